The van der Waals surface area contributed by atoms with Gasteiger partial charge in [0.15, 0.2) is 0 Å². The number of anilines is 1. The molecule has 2 N–H and O–H groups in total. The number of nitrogens with zero attached hydrogens (tertiary/aromatic N) is 1. The van der Waals surface area contributed by atoms with Crippen LogP contribution >= 0.6 is 0 Å². The lowest BCUT2D eigenvalue weighted by Crippen LogP contribution is -2.09. The summed E-state index contributed by atoms with van der Waals surface area (Å²) in [6, 6.07) is 11.3. The number of nitriles is 1. The molecule has 0 aliphatic rings. The van der Waals surface area contributed by atoms with E-state index in [0.717, 1.165) is 22.7 Å². The first kappa shape index (κ1) is 15.1. The summed E-state index contributed by atoms with van der Waals surface area (Å²) in [5.74, 6) is -0.574. The molecule has 0 saturated carbocycles. The summed E-state index contributed by atoms with van der Waals surface area (Å²) in [6.07, 6.45) is 2.80. The van der Waals surface area contributed by atoms with Gasteiger partial charge in [0.25, 0.3) is 0 Å². The minimum atomic E-state index is -3.35. The van der Waals surface area contributed by atoms with Crippen molar-refractivity contribution in [1.29, 1.82) is 5.26 Å². The fourth-order valence-electron chi connectivity index (χ4n) is 2.42. The highest BCUT2D eigenvalue weighted by molar-refractivity contribution is 7.92. The Kier molecular flexibility index (Phi) is 3.54. The van der Waals surface area contributed by atoms with Crippen LogP contribution in [0.5, 0.6) is 0 Å². The summed E-state index contributed by atoms with van der Waals surface area (Å²) in [4.78, 5) is 3.04. The normalized spacial score (nSPS) is 11.3. The number of aromatic nitrogens is 1. The van der Waals surface area contributed by atoms with Crippen LogP contribution < -0.4 is 4.72 Å². The molecule has 1 aromatic heterocycles. The first-order chi connectivity index (χ1) is 10.9. The number of benzene rings is 2. The lowest BCUT2D eigenvalue weighted by atomic mass is 10.0. The SMILES string of the molecule is CS(=O)(=O)Nc1ccc2c(-c3ccc(C#N)c(F)c3)c[nH]c2c1. The number of H-pyrrole nitrogens is 1. The minimum absolute atomic E-state index is 0.00627. The Hall–Kier alpha value is -2.85. The molecule has 23 heavy (non-hydrogen) atoms. The molecule has 0 bridgehead atoms. The molecule has 0 aliphatic heterocycles. The van der Waals surface area contributed by atoms with Crippen LogP contribution in [0.25, 0.3) is 22.0 Å². The van der Waals surface area contributed by atoms with Gasteiger partial charge in [-0.15, -0.1) is 0 Å². The number of nitrogens with one attached hydrogen (secondary N) is 2. The molecule has 0 aliphatic carbocycles. The first-order valence-corrected chi connectivity index (χ1v) is 8.55. The molecule has 0 atom stereocenters. The topological polar surface area (TPSA) is 85.8 Å². The largest absolute Gasteiger partial charge is 0.360 e. The van der Waals surface area contributed by atoms with Crippen molar-refractivity contribution in [2.75, 3.05) is 11.0 Å². The van der Waals surface area contributed by atoms with Gasteiger partial charge in [0.05, 0.1) is 17.5 Å². The summed E-state index contributed by atoms with van der Waals surface area (Å²) in [5, 5.41) is 9.61. The standard InChI is InChI=1S/C16H12FN3O2S/c1-23(21,22)20-12-4-5-13-14(9-19-16(13)7-12)10-2-3-11(8-18)15(17)6-10/h2-7,9,19-20H,1H3. The lowest BCUT2D eigenvalue weighted by molar-refractivity contribution is 0.607. The van der Waals surface area contributed by atoms with Gasteiger partial charge in [-0.2, -0.15) is 5.26 Å². The molecule has 5 nitrogen and oxygen atoms in total. The van der Waals surface area contributed by atoms with Crippen molar-refractivity contribution in [2.45, 2.75) is 0 Å². The van der Waals surface area contributed by atoms with E-state index in [0.29, 0.717) is 11.3 Å². The number of aromatic amines is 1. The van der Waals surface area contributed by atoms with Crippen molar-refractivity contribution in [3.8, 4) is 17.2 Å². The maximum Gasteiger partial charge on any atom is 0.229 e. The van der Waals surface area contributed by atoms with E-state index in [9.17, 15) is 12.8 Å². The minimum Gasteiger partial charge on any atom is -0.360 e. The van der Waals surface area contributed by atoms with Crippen molar-refractivity contribution >= 4 is 26.6 Å². The predicted molar refractivity (Wildman–Crippen MR) is 86.9 cm³/mol. The van der Waals surface area contributed by atoms with Crippen LogP contribution in [0.3, 0.4) is 0 Å². The van der Waals surface area contributed by atoms with Crippen LogP contribution in [0.15, 0.2) is 42.6 Å². The maximum atomic E-state index is 13.8. The van der Waals surface area contributed by atoms with Gasteiger partial charge >= 0.3 is 0 Å². The average Bonchev–Trinajstić information content (AvgIpc) is 2.88. The van der Waals surface area contributed by atoms with Gasteiger partial charge < -0.3 is 4.98 Å². The number of hydrogen-bond acceptors (Lipinski definition) is 3. The van der Waals surface area contributed by atoms with Gasteiger partial charge in [0.1, 0.15) is 11.9 Å². The first-order valence-electron chi connectivity index (χ1n) is 6.66. The molecule has 116 valence electrons. The molecule has 0 unspecified atom stereocenters. The Morgan fingerprint density at radius 1 is 1.22 bits per heavy atom. The van der Waals surface area contributed by atoms with E-state index in [1.807, 2.05) is 0 Å². The van der Waals surface area contributed by atoms with E-state index in [4.69, 9.17) is 5.26 Å². The van der Waals surface area contributed by atoms with Gasteiger partial charge in [-0.25, -0.2) is 12.8 Å². The van der Waals surface area contributed by atoms with Gasteiger partial charge in [0.2, 0.25) is 10.0 Å². The Labute approximate surface area is 132 Å². The summed E-state index contributed by atoms with van der Waals surface area (Å²) in [7, 11) is -3.35. The molecular weight excluding hydrogens is 317 g/mol. The Morgan fingerprint density at radius 2 is 2.00 bits per heavy atom. The zero-order chi connectivity index (χ0) is 16.6. The lowest BCUT2D eigenvalue weighted by Gasteiger charge is -2.05. The van der Waals surface area contributed by atoms with E-state index >= 15 is 0 Å². The van der Waals surface area contributed by atoms with Crippen molar-refractivity contribution in [1.82, 2.24) is 4.98 Å². The molecule has 0 fully saturated rings. The molecule has 0 radical (unpaired) electrons. The van der Waals surface area contributed by atoms with Crippen molar-refractivity contribution in [3.63, 3.8) is 0 Å². The van der Waals surface area contributed by atoms with Crippen LogP contribution in [0.2, 0.25) is 0 Å². The fraction of sp³-hybridized carbons (Fsp3) is 0.0625. The van der Waals surface area contributed by atoms with Crippen molar-refractivity contribution < 1.29 is 12.8 Å². The molecular formula is C16H12FN3O2S. The fourth-order valence-corrected chi connectivity index (χ4v) is 2.97. The third kappa shape index (κ3) is 3.03. The number of halogens is 1. The second-order valence-corrected chi connectivity index (χ2v) is 6.89. The molecule has 3 aromatic rings. The van der Waals surface area contributed by atoms with Crippen LogP contribution in [0.1, 0.15) is 5.56 Å². The van der Waals surface area contributed by atoms with Crippen LogP contribution in [0.4, 0.5) is 10.1 Å². The number of sulfonamides is 1. The zero-order valence-electron chi connectivity index (χ0n) is 12.1. The van der Waals surface area contributed by atoms with E-state index in [1.54, 1.807) is 36.5 Å². The Morgan fingerprint density at radius 3 is 2.65 bits per heavy atom. The molecule has 3 rings (SSSR count). The smallest absolute Gasteiger partial charge is 0.229 e. The molecule has 1 heterocycles. The number of rotatable bonds is 3. The third-order valence-electron chi connectivity index (χ3n) is 3.39. The Balaban J connectivity index is 2.07. The van der Waals surface area contributed by atoms with Gasteiger partial charge in [-0.1, -0.05) is 12.1 Å². The molecule has 7 heteroatoms. The summed E-state index contributed by atoms with van der Waals surface area (Å²) in [5.41, 5.74) is 2.57. The van der Waals surface area contributed by atoms with E-state index < -0.39 is 15.8 Å². The maximum absolute atomic E-state index is 13.8. The zero-order valence-corrected chi connectivity index (χ0v) is 12.9. The van der Waals surface area contributed by atoms with Crippen LogP contribution in [-0.2, 0) is 10.0 Å². The highest BCUT2D eigenvalue weighted by atomic mass is 32.2. The van der Waals surface area contributed by atoms with Gasteiger partial charge in [-0.05, 0) is 29.8 Å². The molecule has 2 aromatic carbocycles. The van der Waals surface area contributed by atoms with Crippen LogP contribution in [0, 0.1) is 17.1 Å². The highest BCUT2D eigenvalue weighted by Gasteiger charge is 2.10. The van der Waals surface area contributed by atoms with E-state index in [-0.39, 0.29) is 5.56 Å². The summed E-state index contributed by atoms with van der Waals surface area (Å²) >= 11 is 0. The molecule has 0 spiro atoms. The van der Waals surface area contributed by atoms with Crippen molar-refractivity contribution in [2.24, 2.45) is 0 Å². The Bertz CT molecular complexity index is 1050. The number of hydrogen-bond donors (Lipinski definition) is 2. The second-order valence-electron chi connectivity index (χ2n) is 5.14. The molecule has 0 amide bonds. The summed E-state index contributed by atoms with van der Waals surface area (Å²) < 4.78 is 38.7. The summed E-state index contributed by atoms with van der Waals surface area (Å²) in [6.45, 7) is 0. The van der Waals surface area contributed by atoms with Gasteiger partial charge in [0, 0.05) is 22.7 Å². The molecule has 0 saturated heterocycles. The predicted octanol–water partition coefficient (Wildman–Crippen LogP) is 3.22. The van der Waals surface area contributed by atoms with E-state index in [1.165, 1.54) is 12.1 Å². The number of fused-ring (bicyclic) bond motifs is 1. The highest BCUT2D eigenvalue weighted by Crippen LogP contribution is 2.31. The van der Waals surface area contributed by atoms with Crippen molar-refractivity contribution in [3.05, 3.63) is 54.0 Å². The third-order valence-corrected chi connectivity index (χ3v) is 3.99. The second kappa shape index (κ2) is 5.41. The monoisotopic (exact) mass is 329 g/mol. The van der Waals surface area contributed by atoms with E-state index in [2.05, 4.69) is 9.71 Å². The van der Waals surface area contributed by atoms with Gasteiger partial charge in [-0.3, -0.25) is 4.72 Å². The average molecular weight is 329 g/mol. The quantitative estimate of drug-likeness (QED) is 0.773. The van der Waals surface area contributed by atoms with Crippen LogP contribution in [-0.4, -0.2) is 19.7 Å².